The summed E-state index contributed by atoms with van der Waals surface area (Å²) in [5.74, 6) is 0.829. The van der Waals surface area contributed by atoms with Gasteiger partial charge in [-0.3, -0.25) is 0 Å². The van der Waals surface area contributed by atoms with E-state index in [1.165, 1.54) is 19.3 Å². The molecule has 2 rings (SSSR count). The maximum Gasteiger partial charge on any atom is 0.0789 e. The summed E-state index contributed by atoms with van der Waals surface area (Å²) in [6, 6.07) is 5.74. The molecule has 88 valence electrons. The van der Waals surface area contributed by atoms with Crippen LogP contribution in [-0.4, -0.2) is 13.1 Å². The third-order valence-electron chi connectivity index (χ3n) is 3.42. The first-order valence-corrected chi connectivity index (χ1v) is 6.39. The van der Waals surface area contributed by atoms with Crippen LogP contribution in [0, 0.1) is 5.92 Å². The summed E-state index contributed by atoms with van der Waals surface area (Å²) in [6.45, 7) is 4.20. The Hall–Kier alpha value is -0.890. The summed E-state index contributed by atoms with van der Waals surface area (Å²) < 4.78 is 0. The highest BCUT2D eigenvalue weighted by Gasteiger charge is 2.22. The number of nitrogens with two attached hydrogens (primary N) is 1. The number of anilines is 2. The summed E-state index contributed by atoms with van der Waals surface area (Å²) in [7, 11) is 0. The second-order valence-corrected chi connectivity index (χ2v) is 4.92. The molecule has 0 amide bonds. The minimum absolute atomic E-state index is 0.765. The van der Waals surface area contributed by atoms with Crippen LogP contribution in [-0.2, 0) is 0 Å². The highest BCUT2D eigenvalue weighted by molar-refractivity contribution is 6.34. The molecule has 0 saturated heterocycles. The normalized spacial score (nSPS) is 15.9. The molecule has 1 saturated carbocycles. The molecule has 16 heavy (non-hydrogen) atoms. The first kappa shape index (κ1) is 11.6. The highest BCUT2D eigenvalue weighted by atomic mass is 35.5. The lowest BCUT2D eigenvalue weighted by molar-refractivity contribution is 0.318. The fourth-order valence-electron chi connectivity index (χ4n) is 2.23. The van der Waals surface area contributed by atoms with Crippen LogP contribution in [0.5, 0.6) is 0 Å². The van der Waals surface area contributed by atoms with Crippen LogP contribution in [0.2, 0.25) is 5.02 Å². The molecule has 2 nitrogen and oxygen atoms in total. The number of para-hydroxylation sites is 1. The third-order valence-corrected chi connectivity index (χ3v) is 3.72. The zero-order valence-corrected chi connectivity index (χ0v) is 10.5. The van der Waals surface area contributed by atoms with Crippen molar-refractivity contribution >= 4 is 23.0 Å². The quantitative estimate of drug-likeness (QED) is 0.813. The van der Waals surface area contributed by atoms with Gasteiger partial charge in [-0.15, -0.1) is 0 Å². The Kier molecular flexibility index (Phi) is 3.59. The SMILES string of the molecule is CCN(CC1CCC1)c1c(N)cccc1Cl. The van der Waals surface area contributed by atoms with Crippen molar-refractivity contribution in [2.24, 2.45) is 5.92 Å². The van der Waals surface area contributed by atoms with Crippen molar-refractivity contribution in [1.82, 2.24) is 0 Å². The maximum atomic E-state index is 6.23. The largest absolute Gasteiger partial charge is 0.397 e. The first-order chi connectivity index (χ1) is 7.72. The van der Waals surface area contributed by atoms with Gasteiger partial charge >= 0.3 is 0 Å². The summed E-state index contributed by atoms with van der Waals surface area (Å²) in [5.41, 5.74) is 7.81. The number of nitrogen functional groups attached to an aromatic ring is 1. The number of hydrogen-bond donors (Lipinski definition) is 1. The van der Waals surface area contributed by atoms with Crippen molar-refractivity contribution < 1.29 is 0 Å². The molecule has 0 unspecified atom stereocenters. The molecular formula is C13H19ClN2. The summed E-state index contributed by atoms with van der Waals surface area (Å²) >= 11 is 6.23. The number of hydrogen-bond acceptors (Lipinski definition) is 2. The first-order valence-electron chi connectivity index (χ1n) is 6.01. The van der Waals surface area contributed by atoms with Crippen LogP contribution in [0.15, 0.2) is 18.2 Å². The lowest BCUT2D eigenvalue weighted by atomic mass is 9.85. The van der Waals surface area contributed by atoms with Gasteiger partial charge in [-0.05, 0) is 37.8 Å². The molecular weight excluding hydrogens is 220 g/mol. The van der Waals surface area contributed by atoms with Gasteiger partial charge in [0.25, 0.3) is 0 Å². The molecule has 1 fully saturated rings. The molecule has 1 aliphatic rings. The summed E-state index contributed by atoms with van der Waals surface area (Å²) in [6.07, 6.45) is 4.07. The molecule has 0 bridgehead atoms. The number of halogens is 1. The van der Waals surface area contributed by atoms with E-state index in [0.717, 1.165) is 35.4 Å². The Morgan fingerprint density at radius 3 is 2.69 bits per heavy atom. The molecule has 1 aromatic rings. The van der Waals surface area contributed by atoms with Gasteiger partial charge in [-0.1, -0.05) is 24.1 Å². The Morgan fingerprint density at radius 2 is 2.19 bits per heavy atom. The minimum Gasteiger partial charge on any atom is -0.397 e. The van der Waals surface area contributed by atoms with Crippen molar-refractivity contribution in [2.75, 3.05) is 23.7 Å². The van der Waals surface area contributed by atoms with E-state index in [1.807, 2.05) is 18.2 Å². The molecule has 1 aliphatic carbocycles. The van der Waals surface area contributed by atoms with Crippen molar-refractivity contribution in [3.63, 3.8) is 0 Å². The Morgan fingerprint density at radius 1 is 1.44 bits per heavy atom. The number of rotatable bonds is 4. The molecule has 0 radical (unpaired) electrons. The molecule has 0 heterocycles. The molecule has 3 heteroatoms. The van der Waals surface area contributed by atoms with E-state index in [9.17, 15) is 0 Å². The van der Waals surface area contributed by atoms with Crippen LogP contribution >= 0.6 is 11.6 Å². The number of nitrogens with zero attached hydrogens (tertiary/aromatic N) is 1. The van der Waals surface area contributed by atoms with E-state index in [4.69, 9.17) is 17.3 Å². The van der Waals surface area contributed by atoms with E-state index in [0.29, 0.717) is 0 Å². The minimum atomic E-state index is 0.765. The van der Waals surface area contributed by atoms with Crippen molar-refractivity contribution in [3.8, 4) is 0 Å². The van der Waals surface area contributed by atoms with Gasteiger partial charge in [0.2, 0.25) is 0 Å². The van der Waals surface area contributed by atoms with E-state index >= 15 is 0 Å². The second-order valence-electron chi connectivity index (χ2n) is 4.51. The standard InChI is InChI=1S/C13H19ClN2/c1-2-16(9-10-5-3-6-10)13-11(14)7-4-8-12(13)15/h4,7-8,10H,2-3,5-6,9,15H2,1H3. The Bertz CT molecular complexity index is 341. The topological polar surface area (TPSA) is 29.3 Å². The van der Waals surface area contributed by atoms with Crippen LogP contribution in [0.4, 0.5) is 11.4 Å². The van der Waals surface area contributed by atoms with Crippen molar-refractivity contribution in [1.29, 1.82) is 0 Å². The lowest BCUT2D eigenvalue weighted by Gasteiger charge is -2.34. The molecule has 0 aliphatic heterocycles. The van der Waals surface area contributed by atoms with Crippen molar-refractivity contribution in [3.05, 3.63) is 23.2 Å². The second kappa shape index (κ2) is 4.96. The Balaban J connectivity index is 2.17. The smallest absolute Gasteiger partial charge is 0.0789 e. The highest BCUT2D eigenvalue weighted by Crippen LogP contribution is 2.35. The van der Waals surface area contributed by atoms with Gasteiger partial charge in [-0.25, -0.2) is 0 Å². The fraction of sp³-hybridized carbons (Fsp3) is 0.538. The van der Waals surface area contributed by atoms with E-state index in [2.05, 4.69) is 11.8 Å². The van der Waals surface area contributed by atoms with E-state index < -0.39 is 0 Å². The van der Waals surface area contributed by atoms with Crippen LogP contribution in [0.3, 0.4) is 0 Å². The van der Waals surface area contributed by atoms with Gasteiger partial charge in [0.15, 0.2) is 0 Å². The Labute approximate surface area is 102 Å². The van der Waals surface area contributed by atoms with Gasteiger partial charge in [-0.2, -0.15) is 0 Å². The molecule has 0 atom stereocenters. The molecule has 1 aromatic carbocycles. The summed E-state index contributed by atoms with van der Waals surface area (Å²) in [5, 5.41) is 0.765. The monoisotopic (exact) mass is 238 g/mol. The molecule has 0 spiro atoms. The zero-order chi connectivity index (χ0) is 11.5. The van der Waals surface area contributed by atoms with E-state index in [1.54, 1.807) is 0 Å². The van der Waals surface area contributed by atoms with Crippen molar-refractivity contribution in [2.45, 2.75) is 26.2 Å². The summed E-state index contributed by atoms with van der Waals surface area (Å²) in [4.78, 5) is 2.31. The van der Waals surface area contributed by atoms with Crippen LogP contribution in [0.25, 0.3) is 0 Å². The van der Waals surface area contributed by atoms with Gasteiger partial charge in [0.05, 0.1) is 16.4 Å². The van der Waals surface area contributed by atoms with Crippen LogP contribution in [0.1, 0.15) is 26.2 Å². The van der Waals surface area contributed by atoms with E-state index in [-0.39, 0.29) is 0 Å². The van der Waals surface area contributed by atoms with Crippen LogP contribution < -0.4 is 10.6 Å². The van der Waals surface area contributed by atoms with Gasteiger partial charge < -0.3 is 10.6 Å². The number of benzene rings is 1. The molecule has 0 aromatic heterocycles. The average Bonchev–Trinajstić information content (AvgIpc) is 2.19. The average molecular weight is 239 g/mol. The third kappa shape index (κ3) is 2.27. The maximum absolute atomic E-state index is 6.23. The predicted molar refractivity (Wildman–Crippen MR) is 71.1 cm³/mol. The van der Waals surface area contributed by atoms with Gasteiger partial charge in [0.1, 0.15) is 0 Å². The molecule has 2 N–H and O–H groups in total. The zero-order valence-electron chi connectivity index (χ0n) is 9.75. The lowest BCUT2D eigenvalue weighted by Crippen LogP contribution is -2.33. The fourth-order valence-corrected chi connectivity index (χ4v) is 2.53. The van der Waals surface area contributed by atoms with Gasteiger partial charge in [0, 0.05) is 13.1 Å². The predicted octanol–water partition coefficient (Wildman–Crippen LogP) is 3.55.